The van der Waals surface area contributed by atoms with Crippen LogP contribution >= 0.6 is 0 Å². The molecule has 2 rings (SSSR count). The van der Waals surface area contributed by atoms with Crippen LogP contribution in [0.25, 0.3) is 6.08 Å². The lowest BCUT2D eigenvalue weighted by Crippen LogP contribution is -1.96. The van der Waals surface area contributed by atoms with E-state index < -0.39 is 4.92 Å². The standard InChI is InChI=1S/C16H13NO3/c1-12-4-2-5-13(10-12)8-9-16(18)14-6-3-7-15(11-14)17(19)20/h2-11H,1H3. The molecule has 0 heterocycles. The molecular formula is C16H13NO3. The van der Waals surface area contributed by atoms with Crippen molar-refractivity contribution in [2.75, 3.05) is 0 Å². The number of benzene rings is 2. The third-order valence-corrected chi connectivity index (χ3v) is 2.81. The summed E-state index contributed by atoms with van der Waals surface area (Å²) in [5.74, 6) is -0.254. The van der Waals surface area contributed by atoms with E-state index in [9.17, 15) is 14.9 Å². The molecule has 0 saturated heterocycles. The van der Waals surface area contributed by atoms with Gasteiger partial charge in [0.25, 0.3) is 5.69 Å². The van der Waals surface area contributed by atoms with E-state index in [-0.39, 0.29) is 11.5 Å². The molecular weight excluding hydrogens is 254 g/mol. The van der Waals surface area contributed by atoms with E-state index >= 15 is 0 Å². The van der Waals surface area contributed by atoms with Crippen LogP contribution in [0.4, 0.5) is 5.69 Å². The van der Waals surface area contributed by atoms with E-state index in [1.54, 1.807) is 12.1 Å². The summed E-state index contributed by atoms with van der Waals surface area (Å²) in [4.78, 5) is 22.1. The summed E-state index contributed by atoms with van der Waals surface area (Å²) >= 11 is 0. The van der Waals surface area contributed by atoms with Crippen LogP contribution in [0.1, 0.15) is 21.5 Å². The minimum absolute atomic E-state index is 0.0835. The van der Waals surface area contributed by atoms with Crippen molar-refractivity contribution in [3.8, 4) is 0 Å². The van der Waals surface area contributed by atoms with Gasteiger partial charge in [0.2, 0.25) is 0 Å². The molecule has 0 spiro atoms. The fourth-order valence-electron chi connectivity index (χ4n) is 1.81. The van der Waals surface area contributed by atoms with E-state index in [4.69, 9.17) is 0 Å². The largest absolute Gasteiger partial charge is 0.289 e. The molecule has 0 aliphatic carbocycles. The number of nitro benzene ring substituents is 1. The molecule has 0 unspecified atom stereocenters. The van der Waals surface area contributed by atoms with Crippen LogP contribution in [-0.2, 0) is 0 Å². The fourth-order valence-corrected chi connectivity index (χ4v) is 1.81. The molecule has 0 aliphatic rings. The lowest BCUT2D eigenvalue weighted by atomic mass is 10.1. The van der Waals surface area contributed by atoms with Gasteiger partial charge >= 0.3 is 0 Å². The van der Waals surface area contributed by atoms with Crippen LogP contribution in [0.3, 0.4) is 0 Å². The zero-order chi connectivity index (χ0) is 14.5. The monoisotopic (exact) mass is 267 g/mol. The van der Waals surface area contributed by atoms with Crippen LogP contribution in [0, 0.1) is 17.0 Å². The van der Waals surface area contributed by atoms with Gasteiger partial charge in [-0.3, -0.25) is 14.9 Å². The number of allylic oxidation sites excluding steroid dienone is 1. The maximum atomic E-state index is 12.0. The highest BCUT2D eigenvalue weighted by Gasteiger charge is 2.09. The Labute approximate surface area is 116 Å². The summed E-state index contributed by atoms with van der Waals surface area (Å²) in [5, 5.41) is 10.7. The predicted octanol–water partition coefficient (Wildman–Crippen LogP) is 3.80. The van der Waals surface area contributed by atoms with Gasteiger partial charge in [-0.25, -0.2) is 0 Å². The van der Waals surface area contributed by atoms with Crippen molar-refractivity contribution in [1.29, 1.82) is 0 Å². The highest BCUT2D eigenvalue weighted by atomic mass is 16.6. The Morgan fingerprint density at radius 1 is 1.15 bits per heavy atom. The van der Waals surface area contributed by atoms with E-state index in [0.717, 1.165) is 11.1 Å². The summed E-state index contributed by atoms with van der Waals surface area (Å²) in [5.41, 5.74) is 2.25. The van der Waals surface area contributed by atoms with E-state index in [1.807, 2.05) is 31.2 Å². The van der Waals surface area contributed by atoms with Crippen LogP contribution in [-0.4, -0.2) is 10.7 Å². The third kappa shape index (κ3) is 3.38. The fraction of sp³-hybridized carbons (Fsp3) is 0.0625. The van der Waals surface area contributed by atoms with Gasteiger partial charge in [-0.1, -0.05) is 48.0 Å². The van der Waals surface area contributed by atoms with E-state index in [1.165, 1.54) is 24.3 Å². The van der Waals surface area contributed by atoms with E-state index in [0.29, 0.717) is 5.56 Å². The number of aryl methyl sites for hydroxylation is 1. The smallest absolute Gasteiger partial charge is 0.270 e. The second-order valence-electron chi connectivity index (χ2n) is 4.42. The highest BCUT2D eigenvalue weighted by molar-refractivity contribution is 6.07. The van der Waals surface area contributed by atoms with Gasteiger partial charge in [0.05, 0.1) is 4.92 Å². The molecule has 0 amide bonds. The Bertz CT molecular complexity index is 690. The maximum absolute atomic E-state index is 12.0. The summed E-state index contributed by atoms with van der Waals surface area (Å²) in [6.07, 6.45) is 3.13. The number of nitrogens with zero attached hydrogens (tertiary/aromatic N) is 1. The molecule has 0 aliphatic heterocycles. The first-order valence-electron chi connectivity index (χ1n) is 6.10. The summed E-state index contributed by atoms with van der Waals surface area (Å²) < 4.78 is 0. The number of carbonyl (C=O) groups excluding carboxylic acids is 1. The molecule has 4 nitrogen and oxygen atoms in total. The minimum atomic E-state index is -0.513. The topological polar surface area (TPSA) is 60.2 Å². The molecule has 2 aromatic carbocycles. The molecule has 0 aromatic heterocycles. The van der Waals surface area contributed by atoms with Crippen LogP contribution in [0.15, 0.2) is 54.6 Å². The number of hydrogen-bond acceptors (Lipinski definition) is 3. The van der Waals surface area contributed by atoms with Gasteiger partial charge in [0.15, 0.2) is 5.78 Å². The Hall–Kier alpha value is -2.75. The summed E-state index contributed by atoms with van der Waals surface area (Å²) in [6.45, 7) is 1.97. The lowest BCUT2D eigenvalue weighted by Gasteiger charge is -1.97. The zero-order valence-corrected chi connectivity index (χ0v) is 10.9. The van der Waals surface area contributed by atoms with Crippen molar-refractivity contribution in [3.05, 3.63) is 81.4 Å². The van der Waals surface area contributed by atoms with Crippen molar-refractivity contribution >= 4 is 17.5 Å². The van der Waals surface area contributed by atoms with Crippen LogP contribution in [0.5, 0.6) is 0 Å². The SMILES string of the molecule is Cc1cccc(C=CC(=O)c2cccc([N+](=O)[O-])c2)c1. The number of ketones is 1. The van der Waals surface area contributed by atoms with Crippen molar-refractivity contribution in [3.63, 3.8) is 0 Å². The van der Waals surface area contributed by atoms with Crippen molar-refractivity contribution in [1.82, 2.24) is 0 Å². The Balaban J connectivity index is 2.20. The number of rotatable bonds is 4. The third-order valence-electron chi connectivity index (χ3n) is 2.81. The Morgan fingerprint density at radius 2 is 1.90 bits per heavy atom. The number of hydrogen-bond donors (Lipinski definition) is 0. The summed E-state index contributed by atoms with van der Waals surface area (Å²) in [6, 6.07) is 13.4. The number of nitro groups is 1. The number of non-ortho nitro benzene ring substituents is 1. The molecule has 0 saturated carbocycles. The molecule has 2 aromatic rings. The molecule has 0 bridgehead atoms. The Kier molecular flexibility index (Phi) is 4.05. The second kappa shape index (κ2) is 5.93. The van der Waals surface area contributed by atoms with Gasteiger partial charge < -0.3 is 0 Å². The zero-order valence-electron chi connectivity index (χ0n) is 10.9. The van der Waals surface area contributed by atoms with E-state index in [2.05, 4.69) is 0 Å². The molecule has 0 atom stereocenters. The quantitative estimate of drug-likeness (QED) is 0.366. The van der Waals surface area contributed by atoms with Gasteiger partial charge in [-0.2, -0.15) is 0 Å². The average molecular weight is 267 g/mol. The highest BCUT2D eigenvalue weighted by Crippen LogP contribution is 2.14. The number of carbonyl (C=O) groups is 1. The normalized spacial score (nSPS) is 10.7. The lowest BCUT2D eigenvalue weighted by molar-refractivity contribution is -0.384. The second-order valence-corrected chi connectivity index (χ2v) is 4.42. The first-order valence-corrected chi connectivity index (χ1v) is 6.10. The van der Waals surface area contributed by atoms with Gasteiger partial charge in [0, 0.05) is 17.7 Å². The Morgan fingerprint density at radius 3 is 2.60 bits per heavy atom. The molecule has 0 N–H and O–H groups in total. The average Bonchev–Trinajstić information content (AvgIpc) is 2.45. The molecule has 0 fully saturated rings. The van der Waals surface area contributed by atoms with Crippen LogP contribution < -0.4 is 0 Å². The molecule has 4 heteroatoms. The van der Waals surface area contributed by atoms with Gasteiger partial charge in [-0.05, 0) is 18.6 Å². The molecule has 0 radical (unpaired) electrons. The van der Waals surface area contributed by atoms with Crippen molar-refractivity contribution in [2.24, 2.45) is 0 Å². The minimum Gasteiger partial charge on any atom is -0.289 e. The van der Waals surface area contributed by atoms with Crippen molar-refractivity contribution < 1.29 is 9.72 Å². The molecule has 100 valence electrons. The first-order chi connectivity index (χ1) is 9.56. The van der Waals surface area contributed by atoms with Crippen LogP contribution in [0.2, 0.25) is 0 Å². The van der Waals surface area contributed by atoms with Gasteiger partial charge in [-0.15, -0.1) is 0 Å². The van der Waals surface area contributed by atoms with Gasteiger partial charge in [0.1, 0.15) is 0 Å². The van der Waals surface area contributed by atoms with Crippen molar-refractivity contribution in [2.45, 2.75) is 6.92 Å². The molecule has 20 heavy (non-hydrogen) atoms. The predicted molar refractivity (Wildman–Crippen MR) is 77.6 cm³/mol. The summed E-state index contributed by atoms with van der Waals surface area (Å²) in [7, 11) is 0. The first kappa shape index (κ1) is 13.7. The maximum Gasteiger partial charge on any atom is 0.270 e.